The maximum atomic E-state index is 12.1. The number of carboxylic acids is 1. The van der Waals surface area contributed by atoms with Crippen molar-refractivity contribution in [3.8, 4) is 11.1 Å². The van der Waals surface area contributed by atoms with Crippen LogP contribution in [0, 0.1) is 0 Å². The van der Waals surface area contributed by atoms with E-state index in [0.29, 0.717) is 12.1 Å². The third kappa shape index (κ3) is 4.33. The fraction of sp³-hybridized carbons (Fsp3) is 0.0952. The highest BCUT2D eigenvalue weighted by molar-refractivity contribution is 6.00. The maximum Gasteiger partial charge on any atom is 0.337 e. The second-order valence-corrected chi connectivity index (χ2v) is 5.83. The molecule has 0 unspecified atom stereocenters. The summed E-state index contributed by atoms with van der Waals surface area (Å²) >= 11 is 0. The molecule has 0 saturated carbocycles. The van der Waals surface area contributed by atoms with E-state index in [1.54, 1.807) is 30.6 Å². The van der Waals surface area contributed by atoms with Crippen molar-refractivity contribution in [2.24, 2.45) is 0 Å². The Morgan fingerprint density at radius 3 is 2.23 bits per heavy atom. The Labute approximate surface area is 151 Å². The van der Waals surface area contributed by atoms with E-state index in [1.165, 1.54) is 6.07 Å². The zero-order valence-corrected chi connectivity index (χ0v) is 14.1. The number of carboxylic acid groups (broad SMARTS) is 1. The predicted molar refractivity (Wildman–Crippen MR) is 100 cm³/mol. The summed E-state index contributed by atoms with van der Waals surface area (Å²) in [6, 6.07) is 18.3. The summed E-state index contributed by atoms with van der Waals surface area (Å²) in [5.41, 5.74) is 3.63. The number of aromatic nitrogens is 1. The van der Waals surface area contributed by atoms with Gasteiger partial charge in [-0.1, -0.05) is 36.4 Å². The minimum Gasteiger partial charge on any atom is -0.478 e. The zero-order valence-electron chi connectivity index (χ0n) is 14.1. The molecule has 0 bridgehead atoms. The third-order valence-electron chi connectivity index (χ3n) is 4.04. The molecule has 2 aromatic carbocycles. The van der Waals surface area contributed by atoms with Crippen LogP contribution in [0.25, 0.3) is 11.1 Å². The number of amides is 1. The number of pyridine rings is 1. The number of rotatable bonds is 6. The van der Waals surface area contributed by atoms with Crippen LogP contribution in [0.3, 0.4) is 0 Å². The molecule has 0 atom stereocenters. The van der Waals surface area contributed by atoms with E-state index in [1.807, 2.05) is 36.4 Å². The summed E-state index contributed by atoms with van der Waals surface area (Å²) in [7, 11) is 0. The lowest BCUT2D eigenvalue weighted by atomic mass is 10.0. The van der Waals surface area contributed by atoms with Crippen molar-refractivity contribution in [3.05, 3.63) is 84.2 Å². The van der Waals surface area contributed by atoms with Gasteiger partial charge in [0.05, 0.1) is 11.3 Å². The molecule has 1 heterocycles. The molecule has 0 radical (unpaired) electrons. The van der Waals surface area contributed by atoms with Gasteiger partial charge in [0.15, 0.2) is 0 Å². The second kappa shape index (κ2) is 8.07. The van der Waals surface area contributed by atoms with Crippen molar-refractivity contribution >= 4 is 17.6 Å². The molecule has 0 aliphatic carbocycles. The lowest BCUT2D eigenvalue weighted by Gasteiger charge is -2.08. The SMILES string of the molecule is O=C(CCc1ccc(-c2ccncc2)cc1)Nc1ccccc1C(=O)O. The highest BCUT2D eigenvalue weighted by atomic mass is 16.4. The number of anilines is 1. The van der Waals surface area contributed by atoms with Crippen molar-refractivity contribution in [2.45, 2.75) is 12.8 Å². The molecule has 2 N–H and O–H groups in total. The Morgan fingerprint density at radius 1 is 0.885 bits per heavy atom. The quantitative estimate of drug-likeness (QED) is 0.706. The normalized spacial score (nSPS) is 10.3. The van der Waals surface area contributed by atoms with Crippen LogP contribution >= 0.6 is 0 Å². The smallest absolute Gasteiger partial charge is 0.337 e. The number of carbonyl (C=O) groups is 2. The monoisotopic (exact) mass is 346 g/mol. The first-order valence-electron chi connectivity index (χ1n) is 8.25. The van der Waals surface area contributed by atoms with E-state index in [-0.39, 0.29) is 17.9 Å². The zero-order chi connectivity index (χ0) is 18.4. The van der Waals surface area contributed by atoms with E-state index in [2.05, 4.69) is 10.3 Å². The van der Waals surface area contributed by atoms with Crippen LogP contribution in [0.15, 0.2) is 73.1 Å². The van der Waals surface area contributed by atoms with Crippen LogP contribution in [0.5, 0.6) is 0 Å². The van der Waals surface area contributed by atoms with Crippen molar-refractivity contribution in [3.63, 3.8) is 0 Å². The molecular formula is C21H18N2O3. The van der Waals surface area contributed by atoms with Gasteiger partial charge in [-0.15, -0.1) is 0 Å². The topological polar surface area (TPSA) is 79.3 Å². The van der Waals surface area contributed by atoms with Crippen molar-refractivity contribution in [1.29, 1.82) is 0 Å². The largest absolute Gasteiger partial charge is 0.478 e. The number of aromatic carboxylic acids is 1. The number of carbonyl (C=O) groups excluding carboxylic acids is 1. The molecule has 3 rings (SSSR count). The molecule has 130 valence electrons. The van der Waals surface area contributed by atoms with Gasteiger partial charge >= 0.3 is 5.97 Å². The molecule has 0 spiro atoms. The number of nitrogens with zero attached hydrogens (tertiary/aromatic N) is 1. The maximum absolute atomic E-state index is 12.1. The summed E-state index contributed by atoms with van der Waals surface area (Å²) < 4.78 is 0. The Kier molecular flexibility index (Phi) is 5.39. The van der Waals surface area contributed by atoms with Crippen molar-refractivity contribution in [2.75, 3.05) is 5.32 Å². The van der Waals surface area contributed by atoms with Crippen LogP contribution in [-0.4, -0.2) is 22.0 Å². The first kappa shape index (κ1) is 17.4. The fourth-order valence-electron chi connectivity index (χ4n) is 2.66. The minimum absolute atomic E-state index is 0.0857. The van der Waals surface area contributed by atoms with E-state index >= 15 is 0 Å². The molecule has 26 heavy (non-hydrogen) atoms. The lowest BCUT2D eigenvalue weighted by molar-refractivity contribution is -0.116. The molecule has 1 aromatic heterocycles. The third-order valence-corrected chi connectivity index (χ3v) is 4.04. The van der Waals surface area contributed by atoms with Gasteiger partial charge in [-0.25, -0.2) is 4.79 Å². The Bertz CT molecular complexity index is 906. The predicted octanol–water partition coefficient (Wildman–Crippen LogP) is 4.02. The number of hydrogen-bond acceptors (Lipinski definition) is 3. The van der Waals surface area contributed by atoms with Crippen LogP contribution in [0.1, 0.15) is 22.3 Å². The molecule has 5 heteroatoms. The molecule has 1 amide bonds. The van der Waals surface area contributed by atoms with Gasteiger partial charge in [0, 0.05) is 18.8 Å². The highest BCUT2D eigenvalue weighted by Crippen LogP contribution is 2.19. The summed E-state index contributed by atoms with van der Waals surface area (Å²) in [5.74, 6) is -1.27. The number of nitrogens with one attached hydrogen (secondary N) is 1. The molecular weight excluding hydrogens is 328 g/mol. The number of hydrogen-bond donors (Lipinski definition) is 2. The van der Waals surface area contributed by atoms with E-state index in [9.17, 15) is 9.59 Å². The molecule has 0 aliphatic rings. The first-order valence-corrected chi connectivity index (χ1v) is 8.25. The van der Waals surface area contributed by atoms with Gasteiger partial charge in [-0.2, -0.15) is 0 Å². The van der Waals surface area contributed by atoms with Crippen LogP contribution in [0.2, 0.25) is 0 Å². The summed E-state index contributed by atoms with van der Waals surface area (Å²) in [4.78, 5) is 27.3. The van der Waals surface area contributed by atoms with Gasteiger partial charge in [-0.3, -0.25) is 9.78 Å². The average Bonchev–Trinajstić information content (AvgIpc) is 2.68. The van der Waals surface area contributed by atoms with Gasteiger partial charge in [-0.05, 0) is 47.4 Å². The van der Waals surface area contributed by atoms with Crippen LogP contribution in [-0.2, 0) is 11.2 Å². The van der Waals surface area contributed by atoms with Crippen molar-refractivity contribution in [1.82, 2.24) is 4.98 Å². The summed E-state index contributed by atoms with van der Waals surface area (Å²) in [5, 5.41) is 11.8. The fourth-order valence-corrected chi connectivity index (χ4v) is 2.66. The number of benzene rings is 2. The molecule has 5 nitrogen and oxygen atoms in total. The Hall–Kier alpha value is -3.47. The van der Waals surface area contributed by atoms with E-state index in [0.717, 1.165) is 16.7 Å². The summed E-state index contributed by atoms with van der Waals surface area (Å²) in [6.07, 6.45) is 4.37. The van der Waals surface area contributed by atoms with Gasteiger partial charge in [0.25, 0.3) is 0 Å². The lowest BCUT2D eigenvalue weighted by Crippen LogP contribution is -2.15. The molecule has 3 aromatic rings. The second-order valence-electron chi connectivity index (χ2n) is 5.83. The molecule has 0 saturated heterocycles. The van der Waals surface area contributed by atoms with Crippen LogP contribution in [0.4, 0.5) is 5.69 Å². The molecule has 0 fully saturated rings. The van der Waals surface area contributed by atoms with Crippen LogP contribution < -0.4 is 5.32 Å². The Morgan fingerprint density at radius 2 is 1.54 bits per heavy atom. The Balaban J connectivity index is 1.59. The van der Waals surface area contributed by atoms with Gasteiger partial charge in [0.2, 0.25) is 5.91 Å². The van der Waals surface area contributed by atoms with E-state index in [4.69, 9.17) is 5.11 Å². The van der Waals surface area contributed by atoms with Gasteiger partial charge < -0.3 is 10.4 Å². The van der Waals surface area contributed by atoms with E-state index < -0.39 is 5.97 Å². The minimum atomic E-state index is -1.06. The number of para-hydroxylation sites is 1. The number of aryl methyl sites for hydroxylation is 1. The first-order chi connectivity index (χ1) is 12.6. The van der Waals surface area contributed by atoms with Gasteiger partial charge in [0.1, 0.15) is 0 Å². The van der Waals surface area contributed by atoms with Crippen molar-refractivity contribution < 1.29 is 14.7 Å². The summed E-state index contributed by atoms with van der Waals surface area (Å²) in [6.45, 7) is 0. The molecule has 0 aliphatic heterocycles. The standard InChI is InChI=1S/C21H18N2O3/c24-20(23-19-4-2-1-3-18(19)21(25)26)10-7-15-5-8-16(9-6-15)17-11-13-22-14-12-17/h1-6,8-9,11-14H,7,10H2,(H,23,24)(H,25,26). The highest BCUT2D eigenvalue weighted by Gasteiger charge is 2.11. The average molecular weight is 346 g/mol.